The molecule has 0 aliphatic rings. The molecule has 0 saturated carbocycles. The van der Waals surface area contributed by atoms with E-state index >= 15 is 0 Å². The second-order valence-electron chi connectivity index (χ2n) is 11.3. The van der Waals surface area contributed by atoms with Crippen molar-refractivity contribution in [3.8, 4) is 16.8 Å². The minimum atomic E-state index is 1.13. The number of para-hydroxylation sites is 5. The van der Waals surface area contributed by atoms with Crippen molar-refractivity contribution in [2.75, 3.05) is 4.90 Å². The maximum atomic E-state index is 2.44. The molecule has 0 spiro atoms. The van der Waals surface area contributed by atoms with Crippen molar-refractivity contribution >= 4 is 70.4 Å². The Bertz CT molecular complexity index is 2450. The van der Waals surface area contributed by atoms with Crippen LogP contribution in [0.5, 0.6) is 0 Å². The van der Waals surface area contributed by atoms with Gasteiger partial charge in [0.25, 0.3) is 0 Å². The van der Waals surface area contributed by atoms with Gasteiger partial charge in [0, 0.05) is 43.1 Å². The monoisotopic (exact) mass is 592 g/mol. The molecule has 0 radical (unpaired) electrons. The van der Waals surface area contributed by atoms with Crippen LogP contribution in [0, 0.1) is 0 Å². The van der Waals surface area contributed by atoms with E-state index in [0.717, 1.165) is 17.1 Å². The van der Waals surface area contributed by atoms with Gasteiger partial charge in [-0.3, -0.25) is 0 Å². The van der Waals surface area contributed by atoms with Crippen molar-refractivity contribution in [1.29, 1.82) is 0 Å². The lowest BCUT2D eigenvalue weighted by Gasteiger charge is -2.29. The molecule has 45 heavy (non-hydrogen) atoms. The van der Waals surface area contributed by atoms with Crippen molar-refractivity contribution in [2.45, 2.75) is 0 Å². The first-order chi connectivity index (χ1) is 22.4. The average Bonchev–Trinajstić information content (AvgIpc) is 3.66. The number of benzene rings is 7. The third-order valence-corrected chi connectivity index (χ3v) is 10.0. The zero-order valence-corrected chi connectivity index (χ0v) is 25.3. The Labute approximate surface area is 265 Å². The topological polar surface area (TPSA) is 8.17 Å². The summed E-state index contributed by atoms with van der Waals surface area (Å²) in [6.07, 6.45) is 0. The predicted molar refractivity (Wildman–Crippen MR) is 194 cm³/mol. The number of anilines is 3. The molecule has 0 bridgehead atoms. The van der Waals surface area contributed by atoms with Crippen LogP contribution < -0.4 is 4.90 Å². The van der Waals surface area contributed by atoms with E-state index in [4.69, 9.17) is 0 Å². The van der Waals surface area contributed by atoms with Crippen LogP contribution in [0.1, 0.15) is 0 Å². The van der Waals surface area contributed by atoms with Gasteiger partial charge in [-0.1, -0.05) is 121 Å². The normalized spacial score (nSPS) is 11.6. The molecule has 212 valence electrons. The zero-order chi connectivity index (χ0) is 29.7. The van der Waals surface area contributed by atoms with Gasteiger partial charge in [0.05, 0.1) is 32.8 Å². The van der Waals surface area contributed by atoms with Crippen molar-refractivity contribution < 1.29 is 0 Å². The first-order valence-corrected chi connectivity index (χ1v) is 16.1. The lowest BCUT2D eigenvalue weighted by atomic mass is 9.99. The predicted octanol–water partition coefficient (Wildman–Crippen LogP) is 12.3. The Hall–Kier alpha value is -5.64. The smallest absolute Gasteiger partial charge is 0.0640 e. The van der Waals surface area contributed by atoms with Gasteiger partial charge >= 0.3 is 0 Å². The molecule has 0 atom stereocenters. The molecular weight excluding hydrogens is 565 g/mol. The van der Waals surface area contributed by atoms with E-state index in [-0.39, 0.29) is 0 Å². The second kappa shape index (κ2) is 10.5. The molecule has 0 aliphatic carbocycles. The Kier molecular flexibility index (Phi) is 6.03. The Morgan fingerprint density at radius 2 is 0.956 bits per heavy atom. The van der Waals surface area contributed by atoms with E-state index < -0.39 is 0 Å². The Morgan fingerprint density at radius 3 is 1.73 bits per heavy atom. The van der Waals surface area contributed by atoms with Crippen LogP contribution in [0.4, 0.5) is 17.1 Å². The molecule has 9 rings (SSSR count). The summed E-state index contributed by atoms with van der Waals surface area (Å²) in [6, 6.07) is 61.3. The van der Waals surface area contributed by atoms with Gasteiger partial charge in [-0.2, -0.15) is 0 Å². The van der Waals surface area contributed by atoms with E-state index in [2.05, 4.69) is 179 Å². The number of hydrogen-bond donors (Lipinski definition) is 0. The molecule has 3 heteroatoms. The van der Waals surface area contributed by atoms with Gasteiger partial charge in [-0.05, 0) is 48.5 Å². The van der Waals surface area contributed by atoms with E-state index in [1.165, 1.54) is 58.8 Å². The number of nitrogens with zero attached hydrogens (tertiary/aromatic N) is 2. The summed E-state index contributed by atoms with van der Waals surface area (Å²) in [4.78, 5) is 2.44. The summed E-state index contributed by atoms with van der Waals surface area (Å²) in [7, 11) is 0. The molecule has 2 heterocycles. The SMILES string of the molecule is c1ccc(N(c2ccccc2-c2ccccc2-n2c3ccccc3c3ccccc32)c2cccc3c2sc2ccccc23)cc1. The fourth-order valence-corrected chi connectivity index (χ4v) is 8.07. The van der Waals surface area contributed by atoms with Gasteiger partial charge < -0.3 is 9.47 Å². The molecule has 0 N–H and O–H groups in total. The Morgan fingerprint density at radius 1 is 0.400 bits per heavy atom. The number of aromatic nitrogens is 1. The highest BCUT2D eigenvalue weighted by atomic mass is 32.1. The summed E-state index contributed by atoms with van der Waals surface area (Å²) in [5, 5.41) is 5.12. The molecule has 7 aromatic carbocycles. The van der Waals surface area contributed by atoms with Gasteiger partial charge in [0.15, 0.2) is 0 Å². The molecule has 0 fully saturated rings. The lowest BCUT2D eigenvalue weighted by molar-refractivity contribution is 1.18. The molecular formula is C42H28N2S. The van der Waals surface area contributed by atoms with E-state index in [1.807, 2.05) is 11.3 Å². The summed E-state index contributed by atoms with van der Waals surface area (Å²) in [6.45, 7) is 0. The van der Waals surface area contributed by atoms with Crippen LogP contribution >= 0.6 is 11.3 Å². The van der Waals surface area contributed by atoms with Crippen LogP contribution in [0.25, 0.3) is 58.8 Å². The summed E-state index contributed by atoms with van der Waals surface area (Å²) >= 11 is 1.87. The van der Waals surface area contributed by atoms with E-state index in [9.17, 15) is 0 Å². The fraction of sp³-hybridized carbons (Fsp3) is 0. The van der Waals surface area contributed by atoms with Crippen LogP contribution in [0.15, 0.2) is 170 Å². The number of fused-ring (bicyclic) bond motifs is 6. The highest BCUT2D eigenvalue weighted by Crippen LogP contribution is 2.48. The van der Waals surface area contributed by atoms with Crippen LogP contribution in [0.3, 0.4) is 0 Å². The number of thiophene rings is 1. The molecule has 2 nitrogen and oxygen atoms in total. The van der Waals surface area contributed by atoms with Gasteiger partial charge in [0.1, 0.15) is 0 Å². The molecule has 0 amide bonds. The third-order valence-electron chi connectivity index (χ3n) is 8.80. The van der Waals surface area contributed by atoms with Gasteiger partial charge in [-0.15, -0.1) is 11.3 Å². The molecule has 0 unspecified atom stereocenters. The molecule has 9 aromatic rings. The highest BCUT2D eigenvalue weighted by molar-refractivity contribution is 7.26. The summed E-state index contributed by atoms with van der Waals surface area (Å²) < 4.78 is 5.02. The van der Waals surface area contributed by atoms with Gasteiger partial charge in [0.2, 0.25) is 0 Å². The lowest BCUT2D eigenvalue weighted by Crippen LogP contribution is -2.11. The minimum Gasteiger partial charge on any atom is -0.309 e. The van der Waals surface area contributed by atoms with E-state index in [1.54, 1.807) is 0 Å². The Balaban J connectivity index is 1.33. The third kappa shape index (κ3) is 4.09. The fourth-order valence-electron chi connectivity index (χ4n) is 6.87. The first kappa shape index (κ1) is 25.8. The average molecular weight is 593 g/mol. The number of hydrogen-bond acceptors (Lipinski definition) is 2. The van der Waals surface area contributed by atoms with Crippen molar-refractivity contribution in [2.24, 2.45) is 0 Å². The summed E-state index contributed by atoms with van der Waals surface area (Å²) in [5.74, 6) is 0. The molecule has 0 aliphatic heterocycles. The van der Waals surface area contributed by atoms with Crippen molar-refractivity contribution in [1.82, 2.24) is 4.57 Å². The van der Waals surface area contributed by atoms with Crippen LogP contribution in [-0.4, -0.2) is 4.57 Å². The van der Waals surface area contributed by atoms with Crippen molar-refractivity contribution in [3.05, 3.63) is 170 Å². The van der Waals surface area contributed by atoms with Crippen LogP contribution in [0.2, 0.25) is 0 Å². The highest BCUT2D eigenvalue weighted by Gasteiger charge is 2.22. The maximum absolute atomic E-state index is 2.44. The quantitative estimate of drug-likeness (QED) is 0.193. The molecule has 2 aromatic heterocycles. The standard InChI is InChI=1S/C42H28N2S/c1-2-15-29(16-3-1)43(40-27-14-22-35-34-21-8-13-28-41(34)45-42(35)40)36-23-9-4-17-30(36)31-18-5-10-24-37(31)44-38-25-11-6-19-32(38)33-20-7-12-26-39(33)44/h1-28H. The van der Waals surface area contributed by atoms with E-state index in [0.29, 0.717) is 0 Å². The van der Waals surface area contributed by atoms with Gasteiger partial charge in [-0.25, -0.2) is 0 Å². The minimum absolute atomic E-state index is 1.13. The van der Waals surface area contributed by atoms with Crippen LogP contribution in [-0.2, 0) is 0 Å². The zero-order valence-electron chi connectivity index (χ0n) is 24.5. The largest absolute Gasteiger partial charge is 0.309 e. The second-order valence-corrected chi connectivity index (χ2v) is 12.4. The first-order valence-electron chi connectivity index (χ1n) is 15.3. The number of rotatable bonds is 5. The molecule has 0 saturated heterocycles. The van der Waals surface area contributed by atoms with Crippen molar-refractivity contribution in [3.63, 3.8) is 0 Å². The maximum Gasteiger partial charge on any atom is 0.0640 e. The summed E-state index contributed by atoms with van der Waals surface area (Å²) in [5.41, 5.74) is 9.39.